The molecular weight excluding hydrogens is 284 g/mol. The number of aliphatic hydroxyl groups excluding tert-OH is 1. The number of ether oxygens (including phenoxy) is 1. The van der Waals surface area contributed by atoms with Crippen molar-refractivity contribution in [3.8, 4) is 0 Å². The van der Waals surface area contributed by atoms with Gasteiger partial charge in [0.05, 0.1) is 19.3 Å². The van der Waals surface area contributed by atoms with Gasteiger partial charge in [0.25, 0.3) is 0 Å². The SMILES string of the molecule is CCN1CCC(CNCC(O)COCc2cccs2)CC1. The van der Waals surface area contributed by atoms with Crippen LogP contribution in [0.5, 0.6) is 0 Å². The Labute approximate surface area is 132 Å². The van der Waals surface area contributed by atoms with Crippen molar-refractivity contribution in [2.45, 2.75) is 32.5 Å². The van der Waals surface area contributed by atoms with Crippen LogP contribution in [-0.2, 0) is 11.3 Å². The van der Waals surface area contributed by atoms with Crippen LogP contribution in [0.4, 0.5) is 0 Å². The molecule has 0 radical (unpaired) electrons. The van der Waals surface area contributed by atoms with Gasteiger partial charge in [-0.1, -0.05) is 13.0 Å². The van der Waals surface area contributed by atoms with Crippen molar-refractivity contribution in [3.63, 3.8) is 0 Å². The normalized spacial score (nSPS) is 19.0. The molecule has 2 N–H and O–H groups in total. The molecule has 0 amide bonds. The minimum atomic E-state index is -0.416. The Kier molecular flexibility index (Phi) is 7.68. The van der Waals surface area contributed by atoms with Crippen molar-refractivity contribution in [2.24, 2.45) is 5.92 Å². The predicted molar refractivity (Wildman–Crippen MR) is 87.7 cm³/mol. The first-order valence-corrected chi connectivity index (χ1v) is 8.87. The summed E-state index contributed by atoms with van der Waals surface area (Å²) >= 11 is 1.69. The summed E-state index contributed by atoms with van der Waals surface area (Å²) < 4.78 is 5.52. The predicted octanol–water partition coefficient (Wildman–Crippen LogP) is 1.95. The molecule has 0 spiro atoms. The minimum absolute atomic E-state index is 0.402. The van der Waals surface area contributed by atoms with Crippen LogP contribution in [0.2, 0.25) is 0 Å². The van der Waals surface area contributed by atoms with E-state index in [1.165, 1.54) is 37.4 Å². The van der Waals surface area contributed by atoms with Gasteiger partial charge in [-0.05, 0) is 56.4 Å². The maximum absolute atomic E-state index is 9.90. The molecule has 4 nitrogen and oxygen atoms in total. The lowest BCUT2D eigenvalue weighted by atomic mass is 9.97. The Balaban J connectivity index is 1.48. The van der Waals surface area contributed by atoms with Crippen LogP contribution in [0.1, 0.15) is 24.6 Å². The van der Waals surface area contributed by atoms with Crippen molar-refractivity contribution in [2.75, 3.05) is 39.3 Å². The molecule has 1 fully saturated rings. The number of nitrogens with zero attached hydrogens (tertiary/aromatic N) is 1. The van der Waals surface area contributed by atoms with Gasteiger partial charge in [0.2, 0.25) is 0 Å². The molecule has 0 aliphatic carbocycles. The highest BCUT2D eigenvalue weighted by molar-refractivity contribution is 7.09. The van der Waals surface area contributed by atoms with Crippen LogP contribution in [0.25, 0.3) is 0 Å². The molecule has 1 saturated heterocycles. The molecule has 1 atom stereocenters. The number of hydrogen-bond donors (Lipinski definition) is 2. The first-order valence-electron chi connectivity index (χ1n) is 7.99. The molecule has 1 aromatic heterocycles. The van der Waals surface area contributed by atoms with Gasteiger partial charge >= 0.3 is 0 Å². The van der Waals surface area contributed by atoms with E-state index in [4.69, 9.17) is 4.74 Å². The fourth-order valence-corrected chi connectivity index (χ4v) is 3.35. The summed E-state index contributed by atoms with van der Waals surface area (Å²) in [6.07, 6.45) is 2.12. The third-order valence-electron chi connectivity index (χ3n) is 4.10. The van der Waals surface area contributed by atoms with E-state index in [0.29, 0.717) is 19.8 Å². The van der Waals surface area contributed by atoms with Crippen LogP contribution in [0, 0.1) is 5.92 Å². The van der Waals surface area contributed by atoms with Crippen LogP contribution in [0.15, 0.2) is 17.5 Å². The topological polar surface area (TPSA) is 44.7 Å². The lowest BCUT2D eigenvalue weighted by Gasteiger charge is -2.31. The van der Waals surface area contributed by atoms with Gasteiger partial charge in [-0.25, -0.2) is 0 Å². The zero-order valence-corrected chi connectivity index (χ0v) is 13.8. The highest BCUT2D eigenvalue weighted by Gasteiger charge is 2.17. The largest absolute Gasteiger partial charge is 0.389 e. The van der Waals surface area contributed by atoms with Gasteiger partial charge < -0.3 is 20.1 Å². The Morgan fingerprint density at radius 3 is 2.95 bits per heavy atom. The summed E-state index contributed by atoms with van der Waals surface area (Å²) in [5, 5.41) is 15.3. The molecule has 0 saturated carbocycles. The van der Waals surface area contributed by atoms with E-state index < -0.39 is 6.10 Å². The van der Waals surface area contributed by atoms with Gasteiger partial charge in [-0.3, -0.25) is 0 Å². The van der Waals surface area contributed by atoms with Crippen LogP contribution < -0.4 is 5.32 Å². The maximum atomic E-state index is 9.90. The van der Waals surface area contributed by atoms with E-state index in [1.807, 2.05) is 11.4 Å². The second kappa shape index (κ2) is 9.54. The first-order chi connectivity index (χ1) is 10.3. The van der Waals surface area contributed by atoms with Gasteiger partial charge in [-0.2, -0.15) is 0 Å². The maximum Gasteiger partial charge on any atom is 0.0897 e. The minimum Gasteiger partial charge on any atom is -0.389 e. The molecule has 1 aromatic rings. The number of aliphatic hydroxyl groups is 1. The van der Waals surface area contributed by atoms with Crippen LogP contribution in [-0.4, -0.2) is 55.4 Å². The Bertz CT molecular complexity index is 364. The van der Waals surface area contributed by atoms with Gasteiger partial charge in [0.1, 0.15) is 0 Å². The molecule has 2 heterocycles. The fraction of sp³-hybridized carbons (Fsp3) is 0.750. The molecule has 120 valence electrons. The van der Waals surface area contributed by atoms with Crippen molar-refractivity contribution in [1.82, 2.24) is 10.2 Å². The van der Waals surface area contributed by atoms with Crippen molar-refractivity contribution in [1.29, 1.82) is 0 Å². The molecule has 0 aromatic carbocycles. The van der Waals surface area contributed by atoms with Crippen molar-refractivity contribution in [3.05, 3.63) is 22.4 Å². The molecule has 1 aliphatic heterocycles. The summed E-state index contributed by atoms with van der Waals surface area (Å²) in [4.78, 5) is 3.71. The van der Waals surface area contributed by atoms with Gasteiger partial charge in [-0.15, -0.1) is 11.3 Å². The number of rotatable bonds is 9. The lowest BCUT2D eigenvalue weighted by Crippen LogP contribution is -2.39. The Morgan fingerprint density at radius 1 is 1.48 bits per heavy atom. The molecule has 1 unspecified atom stereocenters. The zero-order valence-electron chi connectivity index (χ0n) is 13.0. The van der Waals surface area contributed by atoms with E-state index in [0.717, 1.165) is 12.5 Å². The quantitative estimate of drug-likeness (QED) is 0.731. The molecule has 0 bridgehead atoms. The molecule has 2 rings (SSSR count). The standard InChI is InChI=1S/C16H28N2O2S/c1-2-18-7-5-14(6-8-18)10-17-11-15(19)12-20-13-16-4-3-9-21-16/h3-4,9,14-15,17,19H,2,5-8,10-13H2,1H3. The summed E-state index contributed by atoms with van der Waals surface area (Å²) in [6, 6.07) is 4.07. The molecule has 21 heavy (non-hydrogen) atoms. The van der Waals surface area contributed by atoms with E-state index >= 15 is 0 Å². The third-order valence-corrected chi connectivity index (χ3v) is 4.95. The Morgan fingerprint density at radius 2 is 2.29 bits per heavy atom. The first kappa shape index (κ1) is 16.9. The average Bonchev–Trinajstić information content (AvgIpc) is 3.01. The average molecular weight is 312 g/mol. The number of nitrogens with one attached hydrogen (secondary N) is 1. The number of thiophene rings is 1. The summed E-state index contributed by atoms with van der Waals surface area (Å²) in [5.74, 6) is 0.757. The van der Waals surface area contributed by atoms with Crippen molar-refractivity contribution < 1.29 is 9.84 Å². The third kappa shape index (κ3) is 6.45. The molecule has 5 heteroatoms. The highest BCUT2D eigenvalue weighted by atomic mass is 32.1. The van der Waals surface area contributed by atoms with Crippen molar-refractivity contribution >= 4 is 11.3 Å². The number of piperidine rings is 1. The lowest BCUT2D eigenvalue weighted by molar-refractivity contribution is 0.0291. The van der Waals surface area contributed by atoms with E-state index in [1.54, 1.807) is 11.3 Å². The molecule has 1 aliphatic rings. The number of likely N-dealkylation sites (tertiary alicyclic amines) is 1. The number of hydrogen-bond acceptors (Lipinski definition) is 5. The second-order valence-corrected chi connectivity index (χ2v) is 6.82. The van der Waals surface area contributed by atoms with Crippen LogP contribution >= 0.6 is 11.3 Å². The smallest absolute Gasteiger partial charge is 0.0897 e. The fourth-order valence-electron chi connectivity index (χ4n) is 2.71. The Hall–Kier alpha value is -0.460. The van der Waals surface area contributed by atoms with Crippen LogP contribution in [0.3, 0.4) is 0 Å². The van der Waals surface area contributed by atoms with E-state index in [-0.39, 0.29) is 0 Å². The second-order valence-electron chi connectivity index (χ2n) is 5.78. The van der Waals surface area contributed by atoms with Gasteiger partial charge in [0.15, 0.2) is 0 Å². The highest BCUT2D eigenvalue weighted by Crippen LogP contribution is 2.15. The van der Waals surface area contributed by atoms with E-state index in [2.05, 4.69) is 23.2 Å². The summed E-state index contributed by atoms with van der Waals surface area (Å²) in [7, 11) is 0. The monoisotopic (exact) mass is 312 g/mol. The zero-order chi connectivity index (χ0) is 14.9. The van der Waals surface area contributed by atoms with Gasteiger partial charge in [0, 0.05) is 11.4 Å². The molecular formula is C16H28N2O2S. The summed E-state index contributed by atoms with van der Waals surface area (Å²) in [6.45, 7) is 8.47. The van der Waals surface area contributed by atoms with E-state index in [9.17, 15) is 5.11 Å². The summed E-state index contributed by atoms with van der Waals surface area (Å²) in [5.41, 5.74) is 0.